The Labute approximate surface area is 262 Å². The van der Waals surface area contributed by atoms with Crippen LogP contribution in [0.15, 0.2) is 49.1 Å². The van der Waals surface area contributed by atoms with Crippen LogP contribution in [-0.4, -0.2) is 55.9 Å². The Kier molecular flexibility index (Phi) is 7.19. The van der Waals surface area contributed by atoms with E-state index in [0.717, 1.165) is 72.2 Å². The third kappa shape index (κ3) is 5.70. The molecule has 2 atom stereocenters. The number of carbonyl (C=O) groups excluding carboxylic acids is 2. The quantitative estimate of drug-likeness (QED) is 0.325. The predicted octanol–water partition coefficient (Wildman–Crippen LogP) is 6.88. The van der Waals surface area contributed by atoms with Gasteiger partial charge < -0.3 is 24.3 Å². The summed E-state index contributed by atoms with van der Waals surface area (Å²) in [7, 11) is 1.92. The van der Waals surface area contributed by atoms with Crippen molar-refractivity contribution in [2.24, 2.45) is 13.0 Å². The van der Waals surface area contributed by atoms with Gasteiger partial charge in [-0.3, -0.25) is 4.98 Å². The van der Waals surface area contributed by atoms with Gasteiger partial charge in [-0.2, -0.15) is 0 Å². The fourth-order valence-electron chi connectivity index (χ4n) is 6.54. The summed E-state index contributed by atoms with van der Waals surface area (Å²) in [5, 5.41) is 3.78. The van der Waals surface area contributed by atoms with Crippen LogP contribution < -0.4 is 5.32 Å². The highest BCUT2D eigenvalue weighted by molar-refractivity contribution is 6.30. The van der Waals surface area contributed by atoms with Crippen molar-refractivity contribution in [3.05, 3.63) is 82.2 Å². The van der Waals surface area contributed by atoms with Crippen LogP contribution in [-0.2, 0) is 16.5 Å². The molecule has 1 aromatic carbocycles. The summed E-state index contributed by atoms with van der Waals surface area (Å²) in [6.07, 6.45) is 12.0. The van der Waals surface area contributed by atoms with Crippen LogP contribution in [0.4, 0.5) is 9.59 Å². The number of nitrogens with one attached hydrogen (secondary N) is 1. The molecule has 2 aromatic heterocycles. The Morgan fingerprint density at radius 2 is 1.80 bits per heavy atom. The first-order valence-corrected chi connectivity index (χ1v) is 15.9. The van der Waals surface area contributed by atoms with Crippen LogP contribution in [0.2, 0.25) is 5.02 Å². The third-order valence-electron chi connectivity index (χ3n) is 9.71. The highest BCUT2D eigenvalue weighted by Crippen LogP contribution is 2.48. The van der Waals surface area contributed by atoms with Gasteiger partial charge >= 0.3 is 12.2 Å². The maximum Gasteiger partial charge on any atom is 0.410 e. The Bertz CT molecular complexity index is 1630. The monoisotopic (exact) mass is 615 g/mol. The number of nitrogens with zero attached hydrogens (tertiary/aromatic N) is 4. The van der Waals surface area contributed by atoms with Crippen LogP contribution in [0.3, 0.4) is 0 Å². The Morgan fingerprint density at radius 3 is 2.48 bits per heavy atom. The number of rotatable bonds is 6. The number of fused-ring (bicyclic) bond motifs is 2. The molecule has 1 saturated heterocycles. The van der Waals surface area contributed by atoms with E-state index in [1.807, 2.05) is 54.8 Å². The molecule has 4 aliphatic rings. The van der Waals surface area contributed by atoms with E-state index in [2.05, 4.69) is 28.5 Å². The molecular weight excluding hydrogens is 578 g/mol. The van der Waals surface area contributed by atoms with Crippen molar-refractivity contribution in [3.63, 3.8) is 0 Å². The molecule has 2 amide bonds. The van der Waals surface area contributed by atoms with Crippen molar-refractivity contribution in [3.8, 4) is 0 Å². The van der Waals surface area contributed by atoms with Crippen LogP contribution in [0.25, 0.3) is 11.6 Å². The van der Waals surface area contributed by atoms with E-state index in [0.29, 0.717) is 18.1 Å². The van der Waals surface area contributed by atoms with Gasteiger partial charge in [0.2, 0.25) is 0 Å². The Morgan fingerprint density at radius 1 is 1.07 bits per heavy atom. The molecule has 9 nitrogen and oxygen atoms in total. The molecule has 230 valence electrons. The van der Waals surface area contributed by atoms with Crippen molar-refractivity contribution < 1.29 is 19.1 Å². The summed E-state index contributed by atoms with van der Waals surface area (Å²) in [6.45, 7) is 5.21. The average Bonchev–Trinajstić information content (AvgIpc) is 3.88. The zero-order chi connectivity index (χ0) is 30.6. The number of ether oxygens (including phenoxy) is 2. The Balaban J connectivity index is 1.26. The molecule has 44 heavy (non-hydrogen) atoms. The molecule has 3 aliphatic carbocycles. The molecule has 3 aromatic rings. The predicted molar refractivity (Wildman–Crippen MR) is 167 cm³/mol. The molecule has 0 bridgehead atoms. The lowest BCUT2D eigenvalue weighted by Gasteiger charge is -2.37. The second-order valence-corrected chi connectivity index (χ2v) is 13.7. The zero-order valence-electron chi connectivity index (χ0n) is 25.4. The van der Waals surface area contributed by atoms with E-state index in [9.17, 15) is 9.59 Å². The fourth-order valence-corrected chi connectivity index (χ4v) is 6.72. The summed E-state index contributed by atoms with van der Waals surface area (Å²) < 4.78 is 13.5. The number of amides is 2. The number of aromatic nitrogens is 3. The first-order valence-electron chi connectivity index (χ1n) is 15.5. The number of imidazole rings is 1. The lowest BCUT2D eigenvalue weighted by Crippen LogP contribution is -2.41. The third-order valence-corrected chi connectivity index (χ3v) is 9.95. The minimum Gasteiger partial charge on any atom is -0.443 e. The average molecular weight is 616 g/mol. The zero-order valence-corrected chi connectivity index (χ0v) is 26.1. The topological polar surface area (TPSA) is 98.6 Å². The molecule has 2 unspecified atom stereocenters. The van der Waals surface area contributed by atoms with Crippen molar-refractivity contribution in [2.45, 2.75) is 75.5 Å². The van der Waals surface area contributed by atoms with Gasteiger partial charge in [-0.1, -0.05) is 23.7 Å². The first kappa shape index (κ1) is 28.9. The van der Waals surface area contributed by atoms with Gasteiger partial charge in [0, 0.05) is 37.3 Å². The number of alkyl carbamates (subject to hydrolysis) is 1. The second kappa shape index (κ2) is 10.9. The van der Waals surface area contributed by atoms with Crippen molar-refractivity contribution in [2.75, 3.05) is 13.1 Å². The largest absolute Gasteiger partial charge is 0.443 e. The summed E-state index contributed by atoms with van der Waals surface area (Å²) in [5.41, 5.74) is 5.02. The molecule has 2 saturated carbocycles. The van der Waals surface area contributed by atoms with E-state index >= 15 is 0 Å². The van der Waals surface area contributed by atoms with Gasteiger partial charge in [0.15, 0.2) is 0 Å². The van der Waals surface area contributed by atoms with Crippen LogP contribution >= 0.6 is 11.6 Å². The van der Waals surface area contributed by atoms with Crippen LogP contribution in [0.5, 0.6) is 0 Å². The van der Waals surface area contributed by atoms with Crippen LogP contribution in [0, 0.1) is 5.92 Å². The van der Waals surface area contributed by atoms with Crippen molar-refractivity contribution in [1.82, 2.24) is 24.8 Å². The molecule has 7 rings (SSSR count). The van der Waals surface area contributed by atoms with Gasteiger partial charge in [-0.05, 0) is 105 Å². The van der Waals surface area contributed by atoms with Crippen molar-refractivity contribution in [1.29, 1.82) is 0 Å². The number of benzene rings is 1. The van der Waals surface area contributed by atoms with Crippen LogP contribution in [0.1, 0.15) is 92.4 Å². The standard InChI is InChI=1S/C34H38ClN5O4/c1-33(10-11-33)43-31(41)38-30(27-19-36-20-39(27)3)26-17-22-5-4-14-37-29(22)28(24-7-6-23(35)18-25(24)26)21-8-15-40(16-9-21)32(42)44-34(2)12-13-34/h4-7,14,17-21,28,30H,8-13,15-16H2,1-3H3,(H,38,41). The molecule has 0 spiro atoms. The lowest BCUT2D eigenvalue weighted by molar-refractivity contribution is 0.0480. The van der Waals surface area contributed by atoms with Gasteiger partial charge in [-0.25, -0.2) is 14.6 Å². The number of pyridine rings is 1. The lowest BCUT2D eigenvalue weighted by atomic mass is 9.75. The van der Waals surface area contributed by atoms with E-state index < -0.39 is 17.7 Å². The number of hydrogen-bond acceptors (Lipinski definition) is 6. The molecular formula is C34H38ClN5O4. The minimum absolute atomic E-state index is 0.0316. The number of aryl methyl sites for hydroxylation is 1. The summed E-state index contributed by atoms with van der Waals surface area (Å²) >= 11 is 6.68. The fraction of sp³-hybridized carbons (Fsp3) is 0.471. The number of halogens is 1. The van der Waals surface area contributed by atoms with E-state index in [1.165, 1.54) is 0 Å². The van der Waals surface area contributed by atoms with Gasteiger partial charge in [0.1, 0.15) is 11.2 Å². The number of carbonyl (C=O) groups is 2. The van der Waals surface area contributed by atoms with E-state index in [-0.39, 0.29) is 23.5 Å². The first-order chi connectivity index (χ1) is 21.1. The number of piperidine rings is 1. The normalized spacial score (nSPS) is 22.0. The molecule has 10 heteroatoms. The highest BCUT2D eigenvalue weighted by atomic mass is 35.5. The summed E-state index contributed by atoms with van der Waals surface area (Å²) in [4.78, 5) is 37.3. The molecule has 3 fully saturated rings. The number of hydrogen-bond donors (Lipinski definition) is 1. The maximum atomic E-state index is 13.3. The molecule has 1 aliphatic heterocycles. The van der Waals surface area contributed by atoms with E-state index in [4.69, 9.17) is 26.1 Å². The highest BCUT2D eigenvalue weighted by Gasteiger charge is 2.44. The van der Waals surface area contributed by atoms with Gasteiger partial charge in [0.25, 0.3) is 0 Å². The minimum atomic E-state index is -0.554. The Hall–Kier alpha value is -3.85. The summed E-state index contributed by atoms with van der Waals surface area (Å²) in [6, 6.07) is 9.48. The maximum absolute atomic E-state index is 13.3. The smallest absolute Gasteiger partial charge is 0.410 e. The van der Waals surface area contributed by atoms with Crippen molar-refractivity contribution >= 4 is 35.4 Å². The van der Waals surface area contributed by atoms with Gasteiger partial charge in [0.05, 0.1) is 30.0 Å². The molecule has 3 heterocycles. The van der Waals surface area contributed by atoms with E-state index in [1.54, 1.807) is 12.5 Å². The summed E-state index contributed by atoms with van der Waals surface area (Å²) in [5.74, 6) is 0.204. The van der Waals surface area contributed by atoms with Gasteiger partial charge in [-0.15, -0.1) is 0 Å². The molecule has 0 radical (unpaired) electrons. The second-order valence-electron chi connectivity index (χ2n) is 13.3. The number of likely N-dealkylation sites (tertiary alicyclic amines) is 1. The SMILES string of the molecule is Cn1cncc1C(NC(=O)OC1(C)CC1)C1=Cc2cccnc2C(C2CCN(C(=O)OC3(C)CC3)CC2)c2ccc(Cl)cc21. The molecule has 1 N–H and O–H groups in total.